The number of ether oxygens (including phenoxy) is 1. The van der Waals surface area contributed by atoms with E-state index in [4.69, 9.17) is 4.74 Å². The van der Waals surface area contributed by atoms with Gasteiger partial charge in [-0.05, 0) is 44.0 Å². The highest BCUT2D eigenvalue weighted by Gasteiger charge is 2.17. The van der Waals surface area contributed by atoms with Crippen molar-refractivity contribution in [3.05, 3.63) is 47.7 Å². The number of nitrogens with one attached hydrogen (secondary N) is 1. The third kappa shape index (κ3) is 4.66. The maximum atomic E-state index is 12.0. The number of Topliss-reactive ketones (excluding diaryl/α,β-unsaturated/α-hetero) is 1. The molecule has 0 bridgehead atoms. The fraction of sp³-hybridized carbons (Fsp3) is 0.316. The number of anilines is 2. The van der Waals surface area contributed by atoms with Crippen LogP contribution in [0, 0.1) is 0 Å². The van der Waals surface area contributed by atoms with E-state index in [0.29, 0.717) is 11.3 Å². The molecule has 1 amide bonds. The van der Waals surface area contributed by atoms with E-state index in [2.05, 4.69) is 20.4 Å². The van der Waals surface area contributed by atoms with Crippen molar-refractivity contribution in [3.63, 3.8) is 0 Å². The van der Waals surface area contributed by atoms with Crippen molar-refractivity contribution in [3.8, 4) is 0 Å². The van der Waals surface area contributed by atoms with E-state index in [1.807, 2.05) is 0 Å². The molecule has 0 unspecified atom stereocenters. The molecule has 1 aromatic heterocycles. The van der Waals surface area contributed by atoms with Gasteiger partial charge in [0.05, 0.1) is 5.69 Å². The third-order valence-electron chi connectivity index (χ3n) is 4.20. The molecule has 1 aliphatic rings. The summed E-state index contributed by atoms with van der Waals surface area (Å²) in [6, 6.07) is 9.88. The van der Waals surface area contributed by atoms with E-state index in [-0.39, 0.29) is 11.5 Å². The molecule has 1 N–H and O–H groups in total. The SMILES string of the molecule is CC(=O)c1ccccc1NC(=O)COC(=O)c1ccc(N2CCCC2)nn1. The Kier molecular flexibility index (Phi) is 5.75. The minimum absolute atomic E-state index is 0.0369. The average molecular weight is 368 g/mol. The minimum atomic E-state index is -0.731. The molecule has 0 aliphatic carbocycles. The summed E-state index contributed by atoms with van der Waals surface area (Å²) in [5.41, 5.74) is 0.802. The molecule has 1 fully saturated rings. The normalized spacial score (nSPS) is 13.3. The van der Waals surface area contributed by atoms with Crippen molar-refractivity contribution in [1.82, 2.24) is 10.2 Å². The van der Waals surface area contributed by atoms with E-state index >= 15 is 0 Å². The van der Waals surface area contributed by atoms with Crippen LogP contribution in [0.1, 0.15) is 40.6 Å². The number of benzene rings is 1. The Morgan fingerprint density at radius 1 is 1.07 bits per heavy atom. The fourth-order valence-electron chi connectivity index (χ4n) is 2.84. The first kappa shape index (κ1) is 18.5. The topological polar surface area (TPSA) is 101 Å². The van der Waals surface area contributed by atoms with Crippen molar-refractivity contribution in [2.45, 2.75) is 19.8 Å². The summed E-state index contributed by atoms with van der Waals surface area (Å²) in [6.45, 7) is 2.79. The second kappa shape index (κ2) is 8.39. The first-order valence-corrected chi connectivity index (χ1v) is 8.70. The van der Waals surface area contributed by atoms with E-state index in [9.17, 15) is 14.4 Å². The number of aromatic nitrogens is 2. The number of rotatable bonds is 6. The van der Waals surface area contributed by atoms with E-state index in [1.165, 1.54) is 13.0 Å². The lowest BCUT2D eigenvalue weighted by atomic mass is 10.1. The zero-order valence-corrected chi connectivity index (χ0v) is 15.0. The summed E-state index contributed by atoms with van der Waals surface area (Å²) >= 11 is 0. The zero-order valence-electron chi connectivity index (χ0n) is 15.0. The molecule has 8 heteroatoms. The van der Waals surface area contributed by atoms with Crippen molar-refractivity contribution in [1.29, 1.82) is 0 Å². The smallest absolute Gasteiger partial charge is 0.359 e. The molecule has 1 aromatic carbocycles. The molecule has 8 nitrogen and oxygen atoms in total. The molecular weight excluding hydrogens is 348 g/mol. The molecule has 0 spiro atoms. The fourth-order valence-corrected chi connectivity index (χ4v) is 2.84. The maximum Gasteiger partial charge on any atom is 0.359 e. The number of amides is 1. The largest absolute Gasteiger partial charge is 0.451 e. The van der Waals surface area contributed by atoms with Crippen LogP contribution < -0.4 is 10.2 Å². The molecule has 1 saturated heterocycles. The lowest BCUT2D eigenvalue weighted by Crippen LogP contribution is -2.23. The van der Waals surface area contributed by atoms with Crippen LogP contribution in [0.5, 0.6) is 0 Å². The van der Waals surface area contributed by atoms with Gasteiger partial charge >= 0.3 is 5.97 Å². The number of hydrogen-bond donors (Lipinski definition) is 1. The predicted molar refractivity (Wildman–Crippen MR) is 98.8 cm³/mol. The van der Waals surface area contributed by atoms with Gasteiger partial charge in [0.15, 0.2) is 23.9 Å². The first-order valence-electron chi connectivity index (χ1n) is 8.70. The van der Waals surface area contributed by atoms with Gasteiger partial charge in [-0.15, -0.1) is 10.2 Å². The Hall–Kier alpha value is -3.29. The van der Waals surface area contributed by atoms with Gasteiger partial charge in [0, 0.05) is 18.7 Å². The highest BCUT2D eigenvalue weighted by Crippen LogP contribution is 2.17. The van der Waals surface area contributed by atoms with Crippen molar-refractivity contribution < 1.29 is 19.1 Å². The molecule has 2 aromatic rings. The summed E-state index contributed by atoms with van der Waals surface area (Å²) in [5, 5.41) is 10.5. The summed E-state index contributed by atoms with van der Waals surface area (Å²) < 4.78 is 4.98. The summed E-state index contributed by atoms with van der Waals surface area (Å²) in [6.07, 6.45) is 2.24. The Morgan fingerprint density at radius 2 is 1.81 bits per heavy atom. The molecule has 2 heterocycles. The number of esters is 1. The van der Waals surface area contributed by atoms with Crippen molar-refractivity contribution in [2.75, 3.05) is 29.9 Å². The number of carbonyl (C=O) groups is 3. The van der Waals surface area contributed by atoms with Gasteiger partial charge in [0.2, 0.25) is 0 Å². The molecule has 0 atom stereocenters. The zero-order chi connectivity index (χ0) is 19.2. The van der Waals surface area contributed by atoms with Crippen LogP contribution >= 0.6 is 0 Å². The number of carbonyl (C=O) groups excluding carboxylic acids is 3. The summed E-state index contributed by atoms with van der Waals surface area (Å²) in [5.74, 6) is -0.719. The molecule has 0 saturated carbocycles. The molecule has 27 heavy (non-hydrogen) atoms. The Balaban J connectivity index is 1.54. The van der Waals surface area contributed by atoms with Gasteiger partial charge in [-0.25, -0.2) is 4.79 Å². The Labute approximate surface area is 156 Å². The number of nitrogens with zero attached hydrogens (tertiary/aromatic N) is 3. The highest BCUT2D eigenvalue weighted by molar-refractivity contribution is 6.04. The first-order chi connectivity index (χ1) is 13.0. The lowest BCUT2D eigenvalue weighted by molar-refractivity contribution is -0.119. The predicted octanol–water partition coefficient (Wildman–Crippen LogP) is 2.07. The van der Waals surface area contributed by atoms with Crippen LogP contribution in [-0.2, 0) is 9.53 Å². The lowest BCUT2D eigenvalue weighted by Gasteiger charge is -2.15. The van der Waals surface area contributed by atoms with Crippen LogP contribution in [0.4, 0.5) is 11.5 Å². The molecular formula is C19H20N4O4. The maximum absolute atomic E-state index is 12.0. The minimum Gasteiger partial charge on any atom is -0.451 e. The van der Waals surface area contributed by atoms with Gasteiger partial charge in [-0.1, -0.05) is 12.1 Å². The van der Waals surface area contributed by atoms with Gasteiger partial charge in [-0.2, -0.15) is 0 Å². The molecule has 3 rings (SSSR count). The standard InChI is InChI=1S/C19H20N4O4/c1-13(24)14-6-2-3-7-15(14)20-18(25)12-27-19(26)16-8-9-17(22-21-16)23-10-4-5-11-23/h2-3,6-9H,4-5,10-12H2,1H3,(H,20,25). The van der Waals surface area contributed by atoms with E-state index in [0.717, 1.165) is 31.7 Å². The third-order valence-corrected chi connectivity index (χ3v) is 4.20. The Bertz CT molecular complexity index is 845. The van der Waals surface area contributed by atoms with Crippen LogP contribution in [0.25, 0.3) is 0 Å². The number of ketones is 1. The van der Waals surface area contributed by atoms with Crippen molar-refractivity contribution in [2.24, 2.45) is 0 Å². The van der Waals surface area contributed by atoms with Gasteiger partial charge in [0.25, 0.3) is 5.91 Å². The molecule has 0 radical (unpaired) electrons. The quantitative estimate of drug-likeness (QED) is 0.615. The highest BCUT2D eigenvalue weighted by atomic mass is 16.5. The van der Waals surface area contributed by atoms with Gasteiger partial charge < -0.3 is 15.0 Å². The average Bonchev–Trinajstić information content (AvgIpc) is 3.21. The van der Waals surface area contributed by atoms with Gasteiger partial charge in [0.1, 0.15) is 0 Å². The van der Waals surface area contributed by atoms with Crippen LogP contribution in [-0.4, -0.2) is 47.6 Å². The Morgan fingerprint density at radius 3 is 2.48 bits per heavy atom. The van der Waals surface area contributed by atoms with Crippen LogP contribution in [0.3, 0.4) is 0 Å². The van der Waals surface area contributed by atoms with Crippen molar-refractivity contribution >= 4 is 29.2 Å². The van der Waals surface area contributed by atoms with Gasteiger partial charge in [-0.3, -0.25) is 9.59 Å². The van der Waals surface area contributed by atoms with Crippen LogP contribution in [0.2, 0.25) is 0 Å². The summed E-state index contributed by atoms with van der Waals surface area (Å²) in [4.78, 5) is 37.7. The van der Waals surface area contributed by atoms with E-state index < -0.39 is 18.5 Å². The summed E-state index contributed by atoms with van der Waals surface area (Å²) in [7, 11) is 0. The molecule has 140 valence electrons. The monoisotopic (exact) mass is 368 g/mol. The number of hydrogen-bond acceptors (Lipinski definition) is 7. The number of para-hydroxylation sites is 1. The van der Waals surface area contributed by atoms with Crippen LogP contribution in [0.15, 0.2) is 36.4 Å². The van der Waals surface area contributed by atoms with E-state index in [1.54, 1.807) is 30.3 Å². The molecule has 1 aliphatic heterocycles. The second-order valence-electron chi connectivity index (χ2n) is 6.20. The second-order valence-corrected chi connectivity index (χ2v) is 6.20.